The second kappa shape index (κ2) is 4.59. The molecule has 0 amide bonds. The molecule has 4 heteroatoms. The summed E-state index contributed by atoms with van der Waals surface area (Å²) in [6.45, 7) is 4.21. The van der Waals surface area contributed by atoms with Crippen LogP contribution in [0.1, 0.15) is 25.5 Å². The number of halogens is 1. The summed E-state index contributed by atoms with van der Waals surface area (Å²) in [6.07, 6.45) is 0. The Morgan fingerprint density at radius 3 is 2.56 bits per heavy atom. The summed E-state index contributed by atoms with van der Waals surface area (Å²) in [4.78, 5) is 0. The van der Waals surface area contributed by atoms with Gasteiger partial charge < -0.3 is 5.32 Å². The topological polar surface area (TPSA) is 29.1 Å². The van der Waals surface area contributed by atoms with Gasteiger partial charge in [-0.1, -0.05) is 28.1 Å². The Morgan fingerprint density at radius 2 is 2.00 bits per heavy atom. The zero-order valence-corrected chi connectivity index (χ0v) is 11.9. The van der Waals surface area contributed by atoms with E-state index in [1.54, 1.807) is 0 Å². The van der Waals surface area contributed by atoms with Crippen LogP contribution in [0.25, 0.3) is 0 Å². The Hall–Kier alpha value is -0.190. The highest BCUT2D eigenvalue weighted by Crippen LogP contribution is 2.25. The van der Waals surface area contributed by atoms with E-state index in [-0.39, 0.29) is 11.6 Å². The average molecular weight is 302 g/mol. The van der Waals surface area contributed by atoms with Gasteiger partial charge in [-0.3, -0.25) is 4.21 Å². The molecule has 1 fully saturated rings. The monoisotopic (exact) mass is 301 g/mol. The third kappa shape index (κ3) is 2.93. The Balaban J connectivity index is 2.21. The van der Waals surface area contributed by atoms with Gasteiger partial charge in [0.1, 0.15) is 0 Å². The number of benzene rings is 1. The Labute approximate surface area is 107 Å². The van der Waals surface area contributed by atoms with Crippen molar-refractivity contribution in [3.63, 3.8) is 0 Å². The van der Waals surface area contributed by atoms with Gasteiger partial charge in [0, 0.05) is 38.4 Å². The summed E-state index contributed by atoms with van der Waals surface area (Å²) in [5.41, 5.74) is 1.17. The van der Waals surface area contributed by atoms with E-state index >= 15 is 0 Å². The molecular formula is C12H16BrNOS. The van der Waals surface area contributed by atoms with Crippen molar-refractivity contribution < 1.29 is 4.21 Å². The molecule has 2 atom stereocenters. The molecule has 2 rings (SSSR count). The quantitative estimate of drug-likeness (QED) is 0.864. The van der Waals surface area contributed by atoms with Crippen molar-refractivity contribution in [2.24, 2.45) is 0 Å². The molecule has 2 nitrogen and oxygen atoms in total. The van der Waals surface area contributed by atoms with Crippen LogP contribution < -0.4 is 5.32 Å². The van der Waals surface area contributed by atoms with Gasteiger partial charge in [0.05, 0.1) is 0 Å². The van der Waals surface area contributed by atoms with Crippen LogP contribution in [-0.4, -0.2) is 21.3 Å². The van der Waals surface area contributed by atoms with Crippen molar-refractivity contribution in [2.45, 2.75) is 25.4 Å². The minimum absolute atomic E-state index is 0.0408. The molecule has 1 aromatic carbocycles. The van der Waals surface area contributed by atoms with Crippen molar-refractivity contribution in [1.82, 2.24) is 5.32 Å². The van der Waals surface area contributed by atoms with Crippen LogP contribution in [0.3, 0.4) is 0 Å². The summed E-state index contributed by atoms with van der Waals surface area (Å²) in [5, 5.41) is 3.55. The highest BCUT2D eigenvalue weighted by atomic mass is 79.9. The minimum atomic E-state index is -0.720. The van der Waals surface area contributed by atoms with Crippen molar-refractivity contribution in [3.8, 4) is 0 Å². The van der Waals surface area contributed by atoms with Crippen LogP contribution in [0.2, 0.25) is 0 Å². The molecule has 0 bridgehead atoms. The number of hydrogen-bond acceptors (Lipinski definition) is 2. The van der Waals surface area contributed by atoms with Crippen LogP contribution in [0.4, 0.5) is 0 Å². The molecular weight excluding hydrogens is 286 g/mol. The summed E-state index contributed by atoms with van der Waals surface area (Å²) in [6, 6.07) is 8.43. The number of nitrogens with one attached hydrogen (secondary N) is 1. The third-order valence-electron chi connectivity index (χ3n) is 2.71. The summed E-state index contributed by atoms with van der Waals surface area (Å²) in [7, 11) is -0.720. The molecule has 1 aliphatic heterocycles. The molecule has 2 unspecified atom stereocenters. The summed E-state index contributed by atoms with van der Waals surface area (Å²) in [5.74, 6) is 1.45. The van der Waals surface area contributed by atoms with Crippen molar-refractivity contribution in [1.29, 1.82) is 0 Å². The minimum Gasteiger partial charge on any atom is -0.303 e. The average Bonchev–Trinajstić information content (AvgIpc) is 2.15. The maximum absolute atomic E-state index is 11.8. The zero-order chi connectivity index (χ0) is 11.8. The van der Waals surface area contributed by atoms with Gasteiger partial charge in [0.15, 0.2) is 0 Å². The van der Waals surface area contributed by atoms with Crippen molar-refractivity contribution in [3.05, 3.63) is 34.3 Å². The molecule has 0 aromatic heterocycles. The van der Waals surface area contributed by atoms with E-state index in [9.17, 15) is 4.21 Å². The predicted molar refractivity (Wildman–Crippen MR) is 72.0 cm³/mol. The SMILES string of the molecule is CC1(C)CS(=O)CC(c2ccc(Br)cc2)N1. The Morgan fingerprint density at radius 1 is 1.38 bits per heavy atom. The van der Waals surface area contributed by atoms with Crippen LogP contribution in [0, 0.1) is 0 Å². The number of rotatable bonds is 1. The van der Waals surface area contributed by atoms with Crippen LogP contribution in [0.15, 0.2) is 28.7 Å². The molecule has 0 aliphatic carbocycles. The fourth-order valence-corrected chi connectivity index (χ4v) is 3.99. The molecule has 0 saturated carbocycles. The summed E-state index contributed by atoms with van der Waals surface area (Å²) >= 11 is 3.42. The molecule has 1 aliphatic rings. The molecule has 1 aromatic rings. The van der Waals surface area contributed by atoms with Gasteiger partial charge in [-0.15, -0.1) is 0 Å². The maximum Gasteiger partial charge on any atom is 0.0441 e. The van der Waals surface area contributed by atoms with Gasteiger partial charge in [0.25, 0.3) is 0 Å². The molecule has 1 saturated heterocycles. The first-order chi connectivity index (χ1) is 7.46. The first-order valence-electron chi connectivity index (χ1n) is 5.34. The molecule has 0 spiro atoms. The van der Waals surface area contributed by atoms with E-state index in [4.69, 9.17) is 0 Å². The van der Waals surface area contributed by atoms with Crippen LogP contribution in [-0.2, 0) is 10.8 Å². The molecule has 1 N–H and O–H groups in total. The highest BCUT2D eigenvalue weighted by molar-refractivity contribution is 9.10. The summed E-state index contributed by atoms with van der Waals surface area (Å²) < 4.78 is 12.9. The van der Waals surface area contributed by atoms with Crippen LogP contribution >= 0.6 is 15.9 Å². The fourth-order valence-electron chi connectivity index (χ4n) is 2.08. The van der Waals surface area contributed by atoms with E-state index < -0.39 is 10.8 Å². The van der Waals surface area contributed by atoms with E-state index in [0.717, 1.165) is 10.2 Å². The number of hydrogen-bond donors (Lipinski definition) is 1. The van der Waals surface area contributed by atoms with E-state index in [2.05, 4.69) is 47.2 Å². The van der Waals surface area contributed by atoms with Gasteiger partial charge in [-0.05, 0) is 31.5 Å². The lowest BCUT2D eigenvalue weighted by atomic mass is 10.0. The van der Waals surface area contributed by atoms with E-state index in [0.29, 0.717) is 5.75 Å². The van der Waals surface area contributed by atoms with Crippen molar-refractivity contribution in [2.75, 3.05) is 11.5 Å². The third-order valence-corrected chi connectivity index (χ3v) is 4.99. The molecule has 1 heterocycles. The van der Waals surface area contributed by atoms with Crippen LogP contribution in [0.5, 0.6) is 0 Å². The molecule has 88 valence electrons. The Kier molecular flexibility index (Phi) is 3.52. The van der Waals surface area contributed by atoms with Crippen molar-refractivity contribution >= 4 is 26.7 Å². The first-order valence-corrected chi connectivity index (χ1v) is 7.62. The van der Waals surface area contributed by atoms with E-state index in [1.165, 1.54) is 5.56 Å². The van der Waals surface area contributed by atoms with Gasteiger partial charge in [-0.2, -0.15) is 0 Å². The standard InChI is InChI=1S/C12H16BrNOS/c1-12(2)8-16(15)7-11(14-12)9-3-5-10(13)6-4-9/h3-6,11,14H,7-8H2,1-2H3. The lowest BCUT2D eigenvalue weighted by Crippen LogP contribution is -2.52. The van der Waals surface area contributed by atoms with Gasteiger partial charge in [0.2, 0.25) is 0 Å². The second-order valence-corrected chi connectivity index (χ2v) is 7.30. The zero-order valence-electron chi connectivity index (χ0n) is 9.50. The normalized spacial score (nSPS) is 28.9. The largest absolute Gasteiger partial charge is 0.303 e. The first kappa shape index (κ1) is 12.3. The smallest absolute Gasteiger partial charge is 0.0441 e. The molecule has 16 heavy (non-hydrogen) atoms. The predicted octanol–water partition coefficient (Wildman–Crippen LogP) is 2.62. The van der Waals surface area contributed by atoms with Gasteiger partial charge >= 0.3 is 0 Å². The fraction of sp³-hybridized carbons (Fsp3) is 0.500. The maximum atomic E-state index is 11.8. The highest BCUT2D eigenvalue weighted by Gasteiger charge is 2.31. The Bertz CT molecular complexity index is 402. The second-order valence-electron chi connectivity index (χ2n) is 4.88. The lowest BCUT2D eigenvalue weighted by molar-refractivity contribution is 0.369. The lowest BCUT2D eigenvalue weighted by Gasteiger charge is -2.36. The van der Waals surface area contributed by atoms with Gasteiger partial charge in [-0.25, -0.2) is 0 Å². The molecule has 0 radical (unpaired) electrons. The van der Waals surface area contributed by atoms with E-state index in [1.807, 2.05) is 12.1 Å².